The zero-order chi connectivity index (χ0) is 12.3. The van der Waals surface area contributed by atoms with Crippen LogP contribution in [0.2, 0.25) is 0 Å². The molecule has 0 N–H and O–H groups in total. The highest BCUT2D eigenvalue weighted by Gasteiger charge is 2.10. The smallest absolute Gasteiger partial charge is 0.360 e. The Morgan fingerprint density at radius 2 is 2.35 bits per heavy atom. The van der Waals surface area contributed by atoms with E-state index in [9.17, 15) is 4.79 Å². The molecule has 0 unspecified atom stereocenters. The van der Waals surface area contributed by atoms with Gasteiger partial charge in [-0.3, -0.25) is 4.98 Å². The Morgan fingerprint density at radius 1 is 1.53 bits per heavy atom. The van der Waals surface area contributed by atoms with Crippen LogP contribution in [-0.2, 0) is 11.3 Å². The minimum Gasteiger partial charge on any atom is -0.464 e. The van der Waals surface area contributed by atoms with Crippen molar-refractivity contribution in [3.8, 4) is 0 Å². The van der Waals surface area contributed by atoms with Crippen molar-refractivity contribution in [3.05, 3.63) is 40.4 Å². The average molecular weight is 297 g/mol. The van der Waals surface area contributed by atoms with Crippen LogP contribution in [0.4, 0.5) is 0 Å². The summed E-state index contributed by atoms with van der Waals surface area (Å²) in [5.41, 5.74) is 1.01. The third-order valence-electron chi connectivity index (χ3n) is 2.05. The fourth-order valence-electron chi connectivity index (χ4n) is 1.24. The van der Waals surface area contributed by atoms with Gasteiger partial charge in [-0.05, 0) is 28.1 Å². The van der Waals surface area contributed by atoms with Crippen LogP contribution in [-0.4, -0.2) is 33.1 Å². The molecule has 0 fully saturated rings. The Kier molecular flexibility index (Phi) is 3.48. The second-order valence-corrected chi connectivity index (χ2v) is 4.18. The number of pyridine rings is 1. The number of esters is 1. The summed E-state index contributed by atoms with van der Waals surface area (Å²) in [5, 5.41) is 7.52. The monoisotopic (exact) mass is 296 g/mol. The molecule has 0 amide bonds. The minimum atomic E-state index is -0.500. The first-order chi connectivity index (χ1) is 8.19. The summed E-state index contributed by atoms with van der Waals surface area (Å²) in [5.74, 6) is -0.500. The average Bonchev–Trinajstić information content (AvgIpc) is 2.80. The van der Waals surface area contributed by atoms with Gasteiger partial charge >= 0.3 is 5.97 Å². The van der Waals surface area contributed by atoms with Crippen LogP contribution in [0.1, 0.15) is 16.2 Å². The van der Waals surface area contributed by atoms with Crippen molar-refractivity contribution >= 4 is 21.9 Å². The number of carbonyl (C=O) groups is 1. The summed E-state index contributed by atoms with van der Waals surface area (Å²) in [7, 11) is 1.30. The molecule has 0 saturated carbocycles. The van der Waals surface area contributed by atoms with Crippen LogP contribution in [0.15, 0.2) is 29.0 Å². The van der Waals surface area contributed by atoms with E-state index in [4.69, 9.17) is 0 Å². The lowest BCUT2D eigenvalue weighted by Gasteiger charge is -1.99. The van der Waals surface area contributed by atoms with E-state index >= 15 is 0 Å². The van der Waals surface area contributed by atoms with E-state index in [-0.39, 0.29) is 5.69 Å². The summed E-state index contributed by atoms with van der Waals surface area (Å²) < 4.78 is 6.98. The first-order valence-corrected chi connectivity index (χ1v) is 5.57. The molecule has 2 aromatic heterocycles. The van der Waals surface area contributed by atoms with E-state index in [2.05, 4.69) is 36.0 Å². The lowest BCUT2D eigenvalue weighted by Crippen LogP contribution is -2.03. The third-order valence-corrected chi connectivity index (χ3v) is 2.51. The molecule has 0 aliphatic carbocycles. The Hall–Kier alpha value is -1.76. The van der Waals surface area contributed by atoms with E-state index in [1.807, 2.05) is 12.1 Å². The van der Waals surface area contributed by atoms with Gasteiger partial charge in [-0.1, -0.05) is 5.21 Å². The van der Waals surface area contributed by atoms with Gasteiger partial charge in [0.2, 0.25) is 0 Å². The SMILES string of the molecule is COC(=O)c1cn(Cc2ccc(Br)cn2)nn1. The fraction of sp³-hybridized carbons (Fsp3) is 0.200. The first kappa shape index (κ1) is 11.7. The molecular formula is C10H9BrN4O2. The lowest BCUT2D eigenvalue weighted by atomic mass is 10.3. The summed E-state index contributed by atoms with van der Waals surface area (Å²) in [6.07, 6.45) is 3.23. The van der Waals surface area contributed by atoms with Gasteiger partial charge < -0.3 is 4.74 Å². The molecule has 0 aliphatic rings. The molecule has 6 nitrogen and oxygen atoms in total. The number of aromatic nitrogens is 4. The van der Waals surface area contributed by atoms with Gasteiger partial charge in [0.05, 0.1) is 25.5 Å². The van der Waals surface area contributed by atoms with Crippen LogP contribution in [0.25, 0.3) is 0 Å². The molecule has 2 aromatic rings. The van der Waals surface area contributed by atoms with Gasteiger partial charge in [0.1, 0.15) is 0 Å². The third kappa shape index (κ3) is 2.88. The summed E-state index contributed by atoms with van der Waals surface area (Å²) in [6.45, 7) is 0.456. The van der Waals surface area contributed by atoms with Crippen LogP contribution in [0, 0.1) is 0 Å². The second-order valence-electron chi connectivity index (χ2n) is 3.26. The highest BCUT2D eigenvalue weighted by Crippen LogP contribution is 2.08. The second kappa shape index (κ2) is 5.05. The maximum atomic E-state index is 11.2. The molecule has 0 atom stereocenters. The maximum Gasteiger partial charge on any atom is 0.360 e. The fourth-order valence-corrected chi connectivity index (χ4v) is 1.47. The van der Waals surface area contributed by atoms with E-state index in [1.165, 1.54) is 18.0 Å². The van der Waals surface area contributed by atoms with Crippen LogP contribution in [0.3, 0.4) is 0 Å². The van der Waals surface area contributed by atoms with E-state index in [1.54, 1.807) is 6.20 Å². The maximum absolute atomic E-state index is 11.2. The summed E-state index contributed by atoms with van der Waals surface area (Å²) >= 11 is 3.30. The predicted molar refractivity (Wildman–Crippen MR) is 62.4 cm³/mol. The zero-order valence-electron chi connectivity index (χ0n) is 9.00. The van der Waals surface area contributed by atoms with Crippen molar-refractivity contribution in [2.45, 2.75) is 6.54 Å². The number of hydrogen-bond acceptors (Lipinski definition) is 5. The Morgan fingerprint density at radius 3 is 3.00 bits per heavy atom. The molecule has 0 saturated heterocycles. The normalized spacial score (nSPS) is 10.2. The highest BCUT2D eigenvalue weighted by atomic mass is 79.9. The first-order valence-electron chi connectivity index (χ1n) is 4.78. The van der Waals surface area contributed by atoms with Gasteiger partial charge in [-0.25, -0.2) is 9.48 Å². The number of ether oxygens (including phenoxy) is 1. The molecule has 0 radical (unpaired) electrons. The van der Waals surface area contributed by atoms with Gasteiger partial charge in [0.25, 0.3) is 0 Å². The lowest BCUT2D eigenvalue weighted by molar-refractivity contribution is 0.0594. The van der Waals surface area contributed by atoms with Crippen LogP contribution >= 0.6 is 15.9 Å². The van der Waals surface area contributed by atoms with Crippen molar-refractivity contribution in [2.75, 3.05) is 7.11 Å². The summed E-state index contributed by atoms with van der Waals surface area (Å²) in [6, 6.07) is 3.75. The molecule has 2 heterocycles. The van der Waals surface area contributed by atoms with Crippen LogP contribution < -0.4 is 0 Å². The summed E-state index contributed by atoms with van der Waals surface area (Å²) in [4.78, 5) is 15.4. The number of nitrogens with zero attached hydrogens (tertiary/aromatic N) is 4. The van der Waals surface area contributed by atoms with Crippen molar-refractivity contribution in [1.82, 2.24) is 20.0 Å². The molecule has 0 bridgehead atoms. The largest absolute Gasteiger partial charge is 0.464 e. The van der Waals surface area contributed by atoms with E-state index in [0.29, 0.717) is 6.54 Å². The molecule has 0 spiro atoms. The van der Waals surface area contributed by atoms with Crippen molar-refractivity contribution in [3.63, 3.8) is 0 Å². The molecule has 2 rings (SSSR count). The molecule has 0 aliphatic heterocycles. The Labute approximate surface area is 106 Å². The van der Waals surface area contributed by atoms with Crippen molar-refractivity contribution in [1.29, 1.82) is 0 Å². The topological polar surface area (TPSA) is 69.9 Å². The Bertz CT molecular complexity index is 523. The van der Waals surface area contributed by atoms with Crippen molar-refractivity contribution < 1.29 is 9.53 Å². The van der Waals surface area contributed by atoms with E-state index < -0.39 is 5.97 Å². The quantitative estimate of drug-likeness (QED) is 0.798. The molecule has 7 heteroatoms. The number of rotatable bonds is 3. The standard InChI is InChI=1S/C10H9BrN4O2/c1-17-10(16)9-6-15(14-13-9)5-8-3-2-7(11)4-12-8/h2-4,6H,5H2,1H3. The van der Waals surface area contributed by atoms with Gasteiger partial charge in [-0.15, -0.1) is 5.10 Å². The van der Waals surface area contributed by atoms with Crippen molar-refractivity contribution in [2.24, 2.45) is 0 Å². The molecule has 88 valence electrons. The van der Waals surface area contributed by atoms with E-state index in [0.717, 1.165) is 10.2 Å². The highest BCUT2D eigenvalue weighted by molar-refractivity contribution is 9.10. The number of methoxy groups -OCH3 is 1. The van der Waals surface area contributed by atoms with Gasteiger partial charge in [0.15, 0.2) is 5.69 Å². The number of halogens is 1. The molecular weight excluding hydrogens is 288 g/mol. The van der Waals surface area contributed by atoms with Gasteiger partial charge in [-0.2, -0.15) is 0 Å². The number of hydrogen-bond donors (Lipinski definition) is 0. The predicted octanol–water partition coefficient (Wildman–Crippen LogP) is 1.27. The minimum absolute atomic E-state index is 0.185. The Balaban J connectivity index is 2.11. The molecule has 17 heavy (non-hydrogen) atoms. The number of carbonyl (C=O) groups excluding carboxylic acids is 1. The van der Waals surface area contributed by atoms with Crippen LogP contribution in [0.5, 0.6) is 0 Å². The van der Waals surface area contributed by atoms with Gasteiger partial charge in [0, 0.05) is 10.7 Å². The zero-order valence-corrected chi connectivity index (χ0v) is 10.6. The molecule has 0 aromatic carbocycles.